The first kappa shape index (κ1) is 15.4. The Hall–Kier alpha value is -2.47. The van der Waals surface area contributed by atoms with Crippen LogP contribution in [0.25, 0.3) is 10.2 Å². The van der Waals surface area contributed by atoms with Gasteiger partial charge in [-0.3, -0.25) is 9.59 Å². The van der Waals surface area contributed by atoms with Gasteiger partial charge in [-0.15, -0.1) is 11.3 Å². The van der Waals surface area contributed by atoms with Crippen LogP contribution in [0.2, 0.25) is 0 Å². The SMILES string of the molecule is O=C(O)Cn1c(CCc2ccc(F)cc2)cc(=O)c2sccc21. The molecule has 118 valence electrons. The van der Waals surface area contributed by atoms with Crippen molar-refractivity contribution in [3.8, 4) is 0 Å². The Morgan fingerprint density at radius 1 is 1.17 bits per heavy atom. The van der Waals surface area contributed by atoms with Gasteiger partial charge in [0.15, 0.2) is 5.43 Å². The van der Waals surface area contributed by atoms with Crippen molar-refractivity contribution in [1.82, 2.24) is 4.57 Å². The largest absolute Gasteiger partial charge is 0.480 e. The summed E-state index contributed by atoms with van der Waals surface area (Å²) in [6, 6.07) is 9.44. The number of fused-ring (bicyclic) bond motifs is 1. The highest BCUT2D eigenvalue weighted by Crippen LogP contribution is 2.20. The molecule has 3 aromatic rings. The number of carbonyl (C=O) groups is 1. The Morgan fingerprint density at radius 3 is 2.61 bits per heavy atom. The number of aryl methyl sites for hydroxylation is 2. The number of nitrogens with zero attached hydrogens (tertiary/aromatic N) is 1. The Labute approximate surface area is 135 Å². The Balaban J connectivity index is 1.96. The minimum absolute atomic E-state index is 0.0919. The molecule has 0 spiro atoms. The quantitative estimate of drug-likeness (QED) is 0.782. The number of carboxylic acids is 1. The Kier molecular flexibility index (Phi) is 4.25. The van der Waals surface area contributed by atoms with Crippen LogP contribution in [-0.2, 0) is 24.2 Å². The minimum Gasteiger partial charge on any atom is -0.480 e. The standard InChI is InChI=1S/C17H14FNO3S/c18-12-4-1-11(2-5-12)3-6-13-9-15(20)17-14(7-8-23-17)19(13)10-16(21)22/h1-2,4-5,7-9H,3,6,10H2,(H,21,22). The number of benzene rings is 1. The van der Waals surface area contributed by atoms with Crippen molar-refractivity contribution in [3.63, 3.8) is 0 Å². The molecule has 0 unspecified atom stereocenters. The van der Waals surface area contributed by atoms with E-state index >= 15 is 0 Å². The van der Waals surface area contributed by atoms with E-state index in [1.807, 2.05) is 0 Å². The third-order valence-corrected chi connectivity index (χ3v) is 4.60. The molecule has 2 heterocycles. The molecule has 1 N–H and O–H groups in total. The van der Waals surface area contributed by atoms with E-state index in [4.69, 9.17) is 5.11 Å². The van der Waals surface area contributed by atoms with Crippen molar-refractivity contribution in [2.24, 2.45) is 0 Å². The number of aromatic nitrogens is 1. The Morgan fingerprint density at radius 2 is 1.91 bits per heavy atom. The topological polar surface area (TPSA) is 59.3 Å². The molecule has 0 aliphatic heterocycles. The summed E-state index contributed by atoms with van der Waals surface area (Å²) in [4.78, 5) is 23.3. The van der Waals surface area contributed by atoms with Gasteiger partial charge < -0.3 is 9.67 Å². The second-order valence-corrected chi connectivity index (χ2v) is 6.16. The summed E-state index contributed by atoms with van der Waals surface area (Å²) >= 11 is 1.31. The highest BCUT2D eigenvalue weighted by molar-refractivity contribution is 7.17. The lowest BCUT2D eigenvalue weighted by atomic mass is 10.1. The van der Waals surface area contributed by atoms with Crippen LogP contribution in [0.15, 0.2) is 46.6 Å². The molecule has 0 fully saturated rings. The highest BCUT2D eigenvalue weighted by atomic mass is 32.1. The summed E-state index contributed by atoms with van der Waals surface area (Å²) in [5.74, 6) is -1.25. The van der Waals surface area contributed by atoms with Crippen LogP contribution in [-0.4, -0.2) is 15.6 Å². The van der Waals surface area contributed by atoms with Crippen LogP contribution in [0.4, 0.5) is 4.39 Å². The lowest BCUT2D eigenvalue weighted by Gasteiger charge is -2.13. The first-order valence-electron chi connectivity index (χ1n) is 7.11. The normalized spacial score (nSPS) is 11.0. The number of rotatable bonds is 5. The van der Waals surface area contributed by atoms with Gasteiger partial charge in [-0.2, -0.15) is 0 Å². The zero-order valence-corrected chi connectivity index (χ0v) is 13.0. The molecule has 23 heavy (non-hydrogen) atoms. The third-order valence-electron chi connectivity index (χ3n) is 3.68. The van der Waals surface area contributed by atoms with E-state index < -0.39 is 5.97 Å². The van der Waals surface area contributed by atoms with Crippen LogP contribution >= 0.6 is 11.3 Å². The molecular weight excluding hydrogens is 317 g/mol. The molecule has 0 bridgehead atoms. The average molecular weight is 331 g/mol. The predicted molar refractivity (Wildman–Crippen MR) is 87.5 cm³/mol. The van der Waals surface area contributed by atoms with Crippen molar-refractivity contribution < 1.29 is 14.3 Å². The zero-order valence-electron chi connectivity index (χ0n) is 12.2. The number of halogens is 1. The molecule has 0 saturated heterocycles. The molecule has 0 amide bonds. The van der Waals surface area contributed by atoms with E-state index in [9.17, 15) is 14.0 Å². The van der Waals surface area contributed by atoms with Crippen molar-refractivity contribution >= 4 is 27.5 Å². The smallest absolute Gasteiger partial charge is 0.323 e. The summed E-state index contributed by atoms with van der Waals surface area (Å²) in [6.45, 7) is -0.188. The number of hydrogen-bond acceptors (Lipinski definition) is 3. The van der Waals surface area contributed by atoms with Crippen molar-refractivity contribution in [1.29, 1.82) is 0 Å². The fourth-order valence-electron chi connectivity index (χ4n) is 2.60. The number of pyridine rings is 1. The molecule has 2 aromatic heterocycles. The fraction of sp³-hybridized carbons (Fsp3) is 0.176. The van der Waals surface area contributed by atoms with Crippen LogP contribution in [0.1, 0.15) is 11.3 Å². The van der Waals surface area contributed by atoms with Gasteiger partial charge in [-0.05, 0) is 42.0 Å². The fourth-order valence-corrected chi connectivity index (χ4v) is 3.41. The van der Waals surface area contributed by atoms with Gasteiger partial charge in [-0.1, -0.05) is 12.1 Å². The molecule has 1 aromatic carbocycles. The van der Waals surface area contributed by atoms with Crippen LogP contribution in [0.5, 0.6) is 0 Å². The lowest BCUT2D eigenvalue weighted by molar-refractivity contribution is -0.137. The maximum atomic E-state index is 12.9. The molecule has 6 heteroatoms. The number of hydrogen-bond donors (Lipinski definition) is 1. The van der Waals surface area contributed by atoms with Crippen LogP contribution in [0, 0.1) is 5.82 Å². The van der Waals surface area contributed by atoms with Crippen molar-refractivity contribution in [3.05, 3.63) is 69.1 Å². The van der Waals surface area contributed by atoms with E-state index in [-0.39, 0.29) is 17.8 Å². The first-order valence-corrected chi connectivity index (χ1v) is 7.99. The van der Waals surface area contributed by atoms with Crippen molar-refractivity contribution in [2.75, 3.05) is 0 Å². The maximum absolute atomic E-state index is 12.9. The Bertz CT molecular complexity index is 912. The van der Waals surface area contributed by atoms with Gasteiger partial charge >= 0.3 is 5.97 Å². The molecule has 0 atom stereocenters. The summed E-state index contributed by atoms with van der Waals surface area (Å²) < 4.78 is 15.2. The van der Waals surface area contributed by atoms with Gasteiger partial charge in [0.05, 0.1) is 10.2 Å². The monoisotopic (exact) mass is 331 g/mol. The summed E-state index contributed by atoms with van der Waals surface area (Å²) in [5, 5.41) is 10.9. The number of carboxylic acid groups (broad SMARTS) is 1. The first-order chi connectivity index (χ1) is 11.0. The van der Waals surface area contributed by atoms with E-state index in [0.717, 1.165) is 5.56 Å². The van der Waals surface area contributed by atoms with E-state index in [2.05, 4.69) is 0 Å². The van der Waals surface area contributed by atoms with E-state index in [0.29, 0.717) is 28.8 Å². The predicted octanol–water partition coefficient (Wildman–Crippen LogP) is 3.07. The van der Waals surface area contributed by atoms with Gasteiger partial charge in [0.2, 0.25) is 0 Å². The summed E-state index contributed by atoms with van der Waals surface area (Å²) in [6.07, 6.45) is 1.12. The van der Waals surface area contributed by atoms with Gasteiger partial charge in [0.1, 0.15) is 12.4 Å². The third kappa shape index (κ3) is 3.32. The lowest BCUT2D eigenvalue weighted by Crippen LogP contribution is -2.18. The van der Waals surface area contributed by atoms with Gasteiger partial charge in [0, 0.05) is 11.8 Å². The number of aliphatic carboxylic acids is 1. The van der Waals surface area contributed by atoms with Gasteiger partial charge in [0.25, 0.3) is 0 Å². The van der Waals surface area contributed by atoms with Crippen LogP contribution < -0.4 is 5.43 Å². The highest BCUT2D eigenvalue weighted by Gasteiger charge is 2.12. The zero-order chi connectivity index (χ0) is 16.4. The molecule has 0 aliphatic rings. The molecular formula is C17H14FNO3S. The van der Waals surface area contributed by atoms with E-state index in [1.165, 1.54) is 29.5 Å². The van der Waals surface area contributed by atoms with Gasteiger partial charge in [-0.25, -0.2) is 4.39 Å². The molecule has 3 rings (SSSR count). The molecule has 0 aliphatic carbocycles. The molecule has 4 nitrogen and oxygen atoms in total. The molecule has 0 radical (unpaired) electrons. The van der Waals surface area contributed by atoms with E-state index in [1.54, 1.807) is 28.1 Å². The second-order valence-electron chi connectivity index (χ2n) is 5.24. The van der Waals surface area contributed by atoms with Crippen molar-refractivity contribution in [2.45, 2.75) is 19.4 Å². The maximum Gasteiger partial charge on any atom is 0.323 e. The number of thiophene rings is 1. The summed E-state index contributed by atoms with van der Waals surface area (Å²) in [5.41, 5.74) is 2.17. The average Bonchev–Trinajstić information content (AvgIpc) is 3.00. The summed E-state index contributed by atoms with van der Waals surface area (Å²) in [7, 11) is 0. The minimum atomic E-state index is -0.954. The second kappa shape index (κ2) is 6.34. The molecule has 0 saturated carbocycles. The van der Waals surface area contributed by atoms with Crippen LogP contribution in [0.3, 0.4) is 0 Å².